The quantitative estimate of drug-likeness (QED) is 0.360. The summed E-state index contributed by atoms with van der Waals surface area (Å²) >= 11 is 3.38. The van der Waals surface area contributed by atoms with E-state index in [0.29, 0.717) is 15.8 Å². The Balaban J connectivity index is 1.65. The minimum atomic E-state index is -3.96. The van der Waals surface area contributed by atoms with Crippen molar-refractivity contribution in [1.29, 1.82) is 0 Å². The molecule has 0 aliphatic carbocycles. The van der Waals surface area contributed by atoms with E-state index in [1.807, 2.05) is 43.3 Å². The number of anilines is 2. The SMILES string of the molecule is Cc1ccc(S(=O)(=O)N(CC(=O)Nc2ccc3ccccc3c2)c2cccc(Br)c2)cc1. The number of benzene rings is 4. The Morgan fingerprint density at radius 3 is 2.31 bits per heavy atom. The van der Waals surface area contributed by atoms with Crippen LogP contribution in [0.1, 0.15) is 5.56 Å². The molecule has 32 heavy (non-hydrogen) atoms. The molecule has 4 rings (SSSR count). The van der Waals surface area contributed by atoms with Crippen molar-refractivity contribution in [3.05, 3.63) is 101 Å². The summed E-state index contributed by atoms with van der Waals surface area (Å²) in [6, 6.07) is 26.9. The van der Waals surface area contributed by atoms with Crippen LogP contribution in [0.3, 0.4) is 0 Å². The van der Waals surface area contributed by atoms with Gasteiger partial charge < -0.3 is 5.32 Å². The van der Waals surface area contributed by atoms with Crippen LogP contribution < -0.4 is 9.62 Å². The Morgan fingerprint density at radius 2 is 1.59 bits per heavy atom. The van der Waals surface area contributed by atoms with Gasteiger partial charge in [-0.1, -0.05) is 70.0 Å². The molecular weight excluding hydrogens is 488 g/mol. The van der Waals surface area contributed by atoms with Crippen molar-refractivity contribution in [1.82, 2.24) is 0 Å². The second-order valence-electron chi connectivity index (χ2n) is 7.41. The molecule has 0 unspecified atom stereocenters. The molecule has 0 aliphatic heterocycles. The van der Waals surface area contributed by atoms with Crippen LogP contribution in [-0.2, 0) is 14.8 Å². The number of halogens is 1. The van der Waals surface area contributed by atoms with Crippen molar-refractivity contribution >= 4 is 54.0 Å². The molecule has 0 heterocycles. The normalized spacial score (nSPS) is 11.3. The largest absolute Gasteiger partial charge is 0.324 e. The number of sulfonamides is 1. The Labute approximate surface area is 195 Å². The monoisotopic (exact) mass is 508 g/mol. The zero-order chi connectivity index (χ0) is 22.7. The maximum absolute atomic E-state index is 13.4. The van der Waals surface area contributed by atoms with Gasteiger partial charge in [0.15, 0.2) is 0 Å². The molecule has 0 atom stereocenters. The summed E-state index contributed by atoms with van der Waals surface area (Å²) in [7, 11) is -3.96. The molecule has 0 fully saturated rings. The summed E-state index contributed by atoms with van der Waals surface area (Å²) in [5.41, 5.74) is 1.95. The van der Waals surface area contributed by atoms with Gasteiger partial charge in [0, 0.05) is 10.2 Å². The van der Waals surface area contributed by atoms with E-state index in [1.165, 1.54) is 0 Å². The number of hydrogen-bond donors (Lipinski definition) is 1. The van der Waals surface area contributed by atoms with Crippen LogP contribution in [0.15, 0.2) is 100 Å². The van der Waals surface area contributed by atoms with Crippen molar-refractivity contribution in [2.75, 3.05) is 16.2 Å². The molecule has 0 aromatic heterocycles. The van der Waals surface area contributed by atoms with Gasteiger partial charge in [0.1, 0.15) is 6.54 Å². The summed E-state index contributed by atoms with van der Waals surface area (Å²) in [5.74, 6) is -0.434. The molecule has 4 aromatic rings. The molecule has 0 spiro atoms. The average molecular weight is 509 g/mol. The number of amides is 1. The third-order valence-corrected chi connectivity index (χ3v) is 7.31. The van der Waals surface area contributed by atoms with E-state index in [0.717, 1.165) is 20.6 Å². The van der Waals surface area contributed by atoms with Crippen molar-refractivity contribution in [3.63, 3.8) is 0 Å². The Morgan fingerprint density at radius 1 is 0.875 bits per heavy atom. The highest BCUT2D eigenvalue weighted by atomic mass is 79.9. The molecule has 0 saturated heterocycles. The van der Waals surface area contributed by atoms with Crippen LogP contribution >= 0.6 is 15.9 Å². The number of carbonyl (C=O) groups is 1. The molecule has 0 aliphatic rings. The van der Waals surface area contributed by atoms with Gasteiger partial charge in [-0.25, -0.2) is 8.42 Å². The second kappa shape index (κ2) is 9.14. The second-order valence-corrected chi connectivity index (χ2v) is 10.2. The van der Waals surface area contributed by atoms with E-state index < -0.39 is 15.9 Å². The van der Waals surface area contributed by atoms with Crippen molar-refractivity contribution in [3.8, 4) is 0 Å². The molecule has 5 nitrogen and oxygen atoms in total. The van der Waals surface area contributed by atoms with Crippen LogP contribution in [-0.4, -0.2) is 20.9 Å². The predicted octanol–water partition coefficient (Wildman–Crippen LogP) is 5.74. The van der Waals surface area contributed by atoms with Crippen LogP contribution in [0.25, 0.3) is 10.8 Å². The molecule has 7 heteroatoms. The molecule has 0 radical (unpaired) electrons. The fourth-order valence-corrected chi connectivity index (χ4v) is 5.18. The van der Waals surface area contributed by atoms with Gasteiger partial charge in [-0.3, -0.25) is 9.10 Å². The first-order valence-corrected chi connectivity index (χ1v) is 12.2. The first-order valence-electron chi connectivity index (χ1n) is 9.96. The Kier molecular flexibility index (Phi) is 6.30. The van der Waals surface area contributed by atoms with E-state index in [-0.39, 0.29) is 11.4 Å². The van der Waals surface area contributed by atoms with Gasteiger partial charge >= 0.3 is 0 Å². The zero-order valence-corrected chi connectivity index (χ0v) is 19.7. The standard InChI is InChI=1S/C25H21BrN2O3S/c1-18-9-13-24(14-10-18)32(30,31)28(23-8-4-7-21(26)16-23)17-25(29)27-22-12-11-19-5-2-3-6-20(19)15-22/h2-16H,17H2,1H3,(H,27,29). The van der Waals surface area contributed by atoms with Gasteiger partial charge in [-0.05, 0) is 60.2 Å². The number of nitrogens with zero attached hydrogens (tertiary/aromatic N) is 1. The number of fused-ring (bicyclic) bond motifs is 1. The van der Waals surface area contributed by atoms with Crippen LogP contribution in [0.5, 0.6) is 0 Å². The van der Waals surface area contributed by atoms with E-state index >= 15 is 0 Å². The van der Waals surface area contributed by atoms with Crippen molar-refractivity contribution in [2.24, 2.45) is 0 Å². The summed E-state index contributed by atoms with van der Waals surface area (Å²) in [4.78, 5) is 13.0. The number of carbonyl (C=O) groups excluding carboxylic acids is 1. The summed E-state index contributed by atoms with van der Waals surface area (Å²) in [5, 5.41) is 4.87. The molecule has 4 aromatic carbocycles. The molecule has 0 saturated carbocycles. The molecular formula is C25H21BrN2O3S. The van der Waals surface area contributed by atoms with Gasteiger partial charge in [-0.2, -0.15) is 0 Å². The molecule has 1 amide bonds. The fraction of sp³-hybridized carbons (Fsp3) is 0.0800. The number of nitrogens with one attached hydrogen (secondary N) is 1. The summed E-state index contributed by atoms with van der Waals surface area (Å²) in [6.07, 6.45) is 0. The van der Waals surface area contributed by atoms with Gasteiger partial charge in [0.2, 0.25) is 5.91 Å². The number of rotatable bonds is 6. The Bertz CT molecular complexity index is 1390. The number of aryl methyl sites for hydroxylation is 1. The van der Waals surface area contributed by atoms with Gasteiger partial charge in [-0.15, -0.1) is 0 Å². The highest BCUT2D eigenvalue weighted by Gasteiger charge is 2.27. The van der Waals surface area contributed by atoms with Crippen molar-refractivity contribution in [2.45, 2.75) is 11.8 Å². The van der Waals surface area contributed by atoms with Gasteiger partial charge in [0.05, 0.1) is 10.6 Å². The summed E-state index contributed by atoms with van der Waals surface area (Å²) in [6.45, 7) is 1.53. The predicted molar refractivity (Wildman–Crippen MR) is 132 cm³/mol. The average Bonchev–Trinajstić information content (AvgIpc) is 2.77. The van der Waals surface area contributed by atoms with Crippen LogP contribution in [0.4, 0.5) is 11.4 Å². The lowest BCUT2D eigenvalue weighted by Gasteiger charge is -2.24. The van der Waals surface area contributed by atoms with E-state index in [9.17, 15) is 13.2 Å². The first-order chi connectivity index (χ1) is 15.3. The number of hydrogen-bond acceptors (Lipinski definition) is 3. The maximum atomic E-state index is 13.4. The Hall–Kier alpha value is -3.16. The van der Waals surface area contributed by atoms with E-state index in [4.69, 9.17) is 0 Å². The minimum Gasteiger partial charge on any atom is -0.324 e. The summed E-state index contributed by atoms with van der Waals surface area (Å²) < 4.78 is 28.7. The van der Waals surface area contributed by atoms with Crippen LogP contribution in [0.2, 0.25) is 0 Å². The lowest BCUT2D eigenvalue weighted by atomic mass is 10.1. The van der Waals surface area contributed by atoms with E-state index in [2.05, 4.69) is 21.2 Å². The molecule has 0 bridgehead atoms. The maximum Gasteiger partial charge on any atom is 0.264 e. The topological polar surface area (TPSA) is 66.5 Å². The highest BCUT2D eigenvalue weighted by Crippen LogP contribution is 2.27. The fourth-order valence-electron chi connectivity index (χ4n) is 3.38. The van der Waals surface area contributed by atoms with Crippen LogP contribution in [0, 0.1) is 6.92 Å². The molecule has 1 N–H and O–H groups in total. The lowest BCUT2D eigenvalue weighted by molar-refractivity contribution is -0.114. The lowest BCUT2D eigenvalue weighted by Crippen LogP contribution is -2.38. The highest BCUT2D eigenvalue weighted by molar-refractivity contribution is 9.10. The first kappa shape index (κ1) is 22.0. The molecule has 162 valence electrons. The zero-order valence-electron chi connectivity index (χ0n) is 17.3. The smallest absolute Gasteiger partial charge is 0.264 e. The third-order valence-electron chi connectivity index (χ3n) is 5.03. The van der Waals surface area contributed by atoms with Gasteiger partial charge in [0.25, 0.3) is 10.0 Å². The van der Waals surface area contributed by atoms with Crippen molar-refractivity contribution < 1.29 is 13.2 Å². The third kappa shape index (κ3) is 4.84. The van der Waals surface area contributed by atoms with E-state index in [1.54, 1.807) is 54.6 Å². The minimum absolute atomic E-state index is 0.126.